The highest BCUT2D eigenvalue weighted by atomic mass is 16.4. The van der Waals surface area contributed by atoms with E-state index in [1.807, 2.05) is 27.7 Å². The molecule has 0 saturated carbocycles. The van der Waals surface area contributed by atoms with Crippen LogP contribution in [0, 0.1) is 11.8 Å². The Hall–Kier alpha value is -2.16. The van der Waals surface area contributed by atoms with Crippen molar-refractivity contribution in [3.05, 3.63) is 0 Å². The van der Waals surface area contributed by atoms with Crippen LogP contribution in [-0.4, -0.2) is 53.5 Å². The van der Waals surface area contributed by atoms with Gasteiger partial charge in [-0.3, -0.25) is 19.2 Å². The maximum absolute atomic E-state index is 12.5. The Morgan fingerprint density at radius 3 is 2.00 bits per heavy atom. The van der Waals surface area contributed by atoms with Crippen molar-refractivity contribution in [2.45, 2.75) is 65.6 Å². The van der Waals surface area contributed by atoms with Gasteiger partial charge in [-0.15, -0.1) is 0 Å². The fourth-order valence-electron chi connectivity index (χ4n) is 2.26. The van der Waals surface area contributed by atoms with Gasteiger partial charge >= 0.3 is 5.97 Å². The number of carbonyl (C=O) groups excluding carboxylic acids is 3. The normalized spacial score (nSPS) is 15.5. The van der Waals surface area contributed by atoms with E-state index in [1.165, 1.54) is 6.92 Å². The Morgan fingerprint density at radius 2 is 1.54 bits per heavy atom. The lowest BCUT2D eigenvalue weighted by Gasteiger charge is -2.26. The van der Waals surface area contributed by atoms with E-state index in [9.17, 15) is 19.2 Å². The average Bonchev–Trinajstić information content (AvgIpc) is 2.55. The molecule has 3 amide bonds. The summed E-state index contributed by atoms with van der Waals surface area (Å²) < 4.78 is 0. The number of hydrogen-bond acceptors (Lipinski definition) is 5. The minimum absolute atomic E-state index is 0.167. The quantitative estimate of drug-likeness (QED) is 0.333. The third kappa shape index (κ3) is 8.80. The van der Waals surface area contributed by atoms with Gasteiger partial charge in [-0.25, -0.2) is 0 Å². The van der Waals surface area contributed by atoms with Crippen LogP contribution in [0.3, 0.4) is 0 Å². The predicted molar refractivity (Wildman–Crippen MR) is 97.1 cm³/mol. The van der Waals surface area contributed by atoms with Crippen molar-refractivity contribution < 1.29 is 24.3 Å². The van der Waals surface area contributed by atoms with E-state index in [0.29, 0.717) is 12.8 Å². The van der Waals surface area contributed by atoms with E-state index in [2.05, 4.69) is 16.0 Å². The highest BCUT2D eigenvalue weighted by molar-refractivity contribution is 5.93. The zero-order chi connectivity index (χ0) is 20.4. The van der Waals surface area contributed by atoms with E-state index in [4.69, 9.17) is 10.8 Å². The molecule has 0 spiro atoms. The number of nitrogens with two attached hydrogens (primary N) is 1. The number of rotatable bonds is 11. The Morgan fingerprint density at radius 1 is 0.962 bits per heavy atom. The first-order chi connectivity index (χ1) is 12.0. The third-order valence-corrected chi connectivity index (χ3v) is 4.02. The van der Waals surface area contributed by atoms with Gasteiger partial charge in [-0.1, -0.05) is 34.1 Å². The molecule has 0 rings (SSSR count). The molecule has 9 heteroatoms. The number of carbonyl (C=O) groups is 4. The first-order valence-electron chi connectivity index (χ1n) is 8.85. The SMILES string of the molecule is CCC(C)C(NC(=O)C(N)CC(C)C)C(=O)NC(C)C(=O)NCC(=O)O. The van der Waals surface area contributed by atoms with Crippen LogP contribution in [0.5, 0.6) is 0 Å². The minimum Gasteiger partial charge on any atom is -0.480 e. The second kappa shape index (κ2) is 11.5. The summed E-state index contributed by atoms with van der Waals surface area (Å²) in [7, 11) is 0. The molecule has 150 valence electrons. The highest BCUT2D eigenvalue weighted by Crippen LogP contribution is 2.10. The van der Waals surface area contributed by atoms with Gasteiger partial charge in [0.2, 0.25) is 17.7 Å². The topological polar surface area (TPSA) is 151 Å². The van der Waals surface area contributed by atoms with Gasteiger partial charge in [0.05, 0.1) is 6.04 Å². The van der Waals surface area contributed by atoms with Crippen LogP contribution in [0.1, 0.15) is 47.5 Å². The maximum atomic E-state index is 12.5. The number of nitrogens with one attached hydrogen (secondary N) is 3. The highest BCUT2D eigenvalue weighted by Gasteiger charge is 2.29. The smallest absolute Gasteiger partial charge is 0.322 e. The van der Waals surface area contributed by atoms with Gasteiger partial charge in [0.25, 0.3) is 0 Å². The van der Waals surface area contributed by atoms with Crippen molar-refractivity contribution in [3.63, 3.8) is 0 Å². The van der Waals surface area contributed by atoms with Gasteiger partial charge in [0.1, 0.15) is 18.6 Å². The zero-order valence-corrected chi connectivity index (χ0v) is 16.2. The number of amides is 3. The van der Waals surface area contributed by atoms with Crippen LogP contribution in [0.25, 0.3) is 0 Å². The number of carboxylic acids is 1. The van der Waals surface area contributed by atoms with Gasteiger partial charge in [-0.2, -0.15) is 0 Å². The van der Waals surface area contributed by atoms with Crippen molar-refractivity contribution in [1.29, 1.82) is 0 Å². The molecular formula is C17H32N4O5. The maximum Gasteiger partial charge on any atom is 0.322 e. The van der Waals surface area contributed by atoms with E-state index in [-0.39, 0.29) is 11.8 Å². The molecule has 9 nitrogen and oxygen atoms in total. The fourth-order valence-corrected chi connectivity index (χ4v) is 2.26. The second-order valence-corrected chi connectivity index (χ2v) is 6.95. The lowest BCUT2D eigenvalue weighted by molar-refractivity contribution is -0.138. The molecule has 0 fully saturated rings. The summed E-state index contributed by atoms with van der Waals surface area (Å²) in [6.45, 7) is 8.50. The molecule has 4 unspecified atom stereocenters. The van der Waals surface area contributed by atoms with Crippen LogP contribution >= 0.6 is 0 Å². The molecule has 0 aromatic rings. The number of aliphatic carboxylic acids is 1. The van der Waals surface area contributed by atoms with Crippen LogP contribution in [0.4, 0.5) is 0 Å². The van der Waals surface area contributed by atoms with E-state index in [1.54, 1.807) is 0 Å². The van der Waals surface area contributed by atoms with Gasteiger partial charge in [0.15, 0.2) is 0 Å². The van der Waals surface area contributed by atoms with E-state index >= 15 is 0 Å². The molecule has 0 bridgehead atoms. The summed E-state index contributed by atoms with van der Waals surface area (Å²) in [6.07, 6.45) is 1.13. The molecule has 0 aromatic heterocycles. The Bertz CT molecular complexity index is 509. The predicted octanol–water partition coefficient (Wildman–Crippen LogP) is -0.404. The third-order valence-electron chi connectivity index (χ3n) is 4.02. The molecule has 0 aliphatic rings. The fraction of sp³-hybridized carbons (Fsp3) is 0.765. The van der Waals surface area contributed by atoms with Crippen molar-refractivity contribution in [1.82, 2.24) is 16.0 Å². The summed E-state index contributed by atoms with van der Waals surface area (Å²) >= 11 is 0. The second-order valence-electron chi connectivity index (χ2n) is 6.95. The zero-order valence-electron chi connectivity index (χ0n) is 16.2. The molecule has 0 aliphatic carbocycles. The monoisotopic (exact) mass is 372 g/mol. The van der Waals surface area contributed by atoms with Crippen molar-refractivity contribution >= 4 is 23.7 Å². The first-order valence-corrected chi connectivity index (χ1v) is 8.85. The lowest BCUT2D eigenvalue weighted by atomic mass is 9.96. The van der Waals surface area contributed by atoms with Crippen LogP contribution < -0.4 is 21.7 Å². The van der Waals surface area contributed by atoms with Crippen LogP contribution in [0.2, 0.25) is 0 Å². The summed E-state index contributed by atoms with van der Waals surface area (Å²) in [4.78, 5) is 47.0. The molecule has 0 aliphatic heterocycles. The molecule has 4 atom stereocenters. The summed E-state index contributed by atoms with van der Waals surface area (Å²) in [5.41, 5.74) is 5.86. The molecule has 6 N–H and O–H groups in total. The molecular weight excluding hydrogens is 340 g/mol. The van der Waals surface area contributed by atoms with Crippen molar-refractivity contribution in [2.24, 2.45) is 17.6 Å². The largest absolute Gasteiger partial charge is 0.480 e. The van der Waals surface area contributed by atoms with Crippen molar-refractivity contribution in [2.75, 3.05) is 6.54 Å². The molecule has 0 aromatic carbocycles. The van der Waals surface area contributed by atoms with Gasteiger partial charge in [0, 0.05) is 0 Å². The van der Waals surface area contributed by atoms with Gasteiger partial charge in [-0.05, 0) is 25.2 Å². The summed E-state index contributed by atoms with van der Waals surface area (Å²) in [5, 5.41) is 15.9. The Balaban J connectivity index is 4.91. The summed E-state index contributed by atoms with van der Waals surface area (Å²) in [5.74, 6) is -2.65. The van der Waals surface area contributed by atoms with E-state index in [0.717, 1.165) is 0 Å². The minimum atomic E-state index is -1.18. The average molecular weight is 372 g/mol. The Kier molecular flexibility index (Phi) is 10.5. The molecule has 0 saturated heterocycles. The Labute approximate surface area is 154 Å². The number of carboxylic acid groups (broad SMARTS) is 1. The first kappa shape index (κ1) is 23.8. The van der Waals surface area contributed by atoms with Crippen LogP contribution in [-0.2, 0) is 19.2 Å². The van der Waals surface area contributed by atoms with Crippen molar-refractivity contribution in [3.8, 4) is 0 Å². The summed E-state index contributed by atoms with van der Waals surface area (Å²) in [6, 6.07) is -2.49. The van der Waals surface area contributed by atoms with Gasteiger partial charge < -0.3 is 26.8 Å². The van der Waals surface area contributed by atoms with Crippen LogP contribution in [0.15, 0.2) is 0 Å². The van der Waals surface area contributed by atoms with E-state index < -0.39 is 48.4 Å². The standard InChI is InChI=1S/C17H32N4O5/c1-6-10(4)14(21-16(25)12(18)7-9(2)3)17(26)20-11(5)15(24)19-8-13(22)23/h9-12,14H,6-8,18H2,1-5H3,(H,19,24)(H,20,26)(H,21,25)(H,22,23). The molecule has 0 radical (unpaired) electrons. The molecule has 26 heavy (non-hydrogen) atoms. The molecule has 0 heterocycles. The lowest BCUT2D eigenvalue weighted by Crippen LogP contribution is -2.57. The number of hydrogen-bond donors (Lipinski definition) is 5.